The summed E-state index contributed by atoms with van der Waals surface area (Å²) in [7, 11) is 0. The second-order valence-electron chi connectivity index (χ2n) is 6.53. The van der Waals surface area contributed by atoms with Crippen molar-refractivity contribution in [2.75, 3.05) is 6.54 Å². The fourth-order valence-corrected chi connectivity index (χ4v) is 3.16. The lowest BCUT2D eigenvalue weighted by atomic mass is 9.78. The molecule has 0 aliphatic heterocycles. The summed E-state index contributed by atoms with van der Waals surface area (Å²) >= 11 is 0. The van der Waals surface area contributed by atoms with Crippen molar-refractivity contribution in [2.24, 2.45) is 28.3 Å². The van der Waals surface area contributed by atoms with Gasteiger partial charge in [0.15, 0.2) is 11.7 Å². The number of carboxylic acid groups (broad SMARTS) is 1. The first-order valence-corrected chi connectivity index (χ1v) is 8.31. The Bertz CT molecular complexity index is 619. The highest BCUT2D eigenvalue weighted by molar-refractivity contribution is 5.98. The van der Waals surface area contributed by atoms with Crippen LogP contribution in [0.3, 0.4) is 0 Å². The Labute approximate surface area is 154 Å². The Morgan fingerprint density at radius 3 is 2.20 bits per heavy atom. The molecule has 25 heavy (non-hydrogen) atoms. The van der Waals surface area contributed by atoms with Crippen molar-refractivity contribution in [3.63, 3.8) is 0 Å². The van der Waals surface area contributed by atoms with Crippen LogP contribution in [0.1, 0.15) is 54.4 Å². The number of aliphatic carboxylic acids is 1. The molecule has 1 saturated carbocycles. The monoisotopic (exact) mass is 367 g/mol. The molecule has 1 aliphatic carbocycles. The van der Waals surface area contributed by atoms with Crippen molar-refractivity contribution >= 4 is 30.1 Å². The predicted octanol–water partition coefficient (Wildman–Crippen LogP) is 2.56. The molecule has 1 aromatic carbocycles. The standard InChI is InChI=1S/C18H25N3O3.ClH/c1-11(17(23)24)13-6-8-15(9-7-13)16(22)14-4-2-12(3-5-14)10-21-18(19)20;/h6-9,11-12,14H,2-5,10H2,1H3,(H,23,24)(H4,19,20,21);1H. The van der Waals surface area contributed by atoms with Crippen LogP contribution >= 0.6 is 12.4 Å². The molecule has 0 heterocycles. The second kappa shape index (κ2) is 9.42. The molecule has 1 aliphatic rings. The van der Waals surface area contributed by atoms with Crippen LogP contribution in [0.25, 0.3) is 0 Å². The number of carbonyl (C=O) groups excluding carboxylic acids is 1. The van der Waals surface area contributed by atoms with E-state index in [0.29, 0.717) is 23.6 Å². The Morgan fingerprint density at radius 1 is 1.16 bits per heavy atom. The third-order valence-corrected chi connectivity index (χ3v) is 4.82. The first-order chi connectivity index (χ1) is 11.4. The van der Waals surface area contributed by atoms with Crippen molar-refractivity contribution in [3.05, 3.63) is 35.4 Å². The third-order valence-electron chi connectivity index (χ3n) is 4.82. The summed E-state index contributed by atoms with van der Waals surface area (Å²) < 4.78 is 0. The number of halogens is 1. The number of benzene rings is 1. The van der Waals surface area contributed by atoms with E-state index in [2.05, 4.69) is 4.99 Å². The molecule has 1 unspecified atom stereocenters. The molecule has 138 valence electrons. The van der Waals surface area contributed by atoms with Gasteiger partial charge in [-0.2, -0.15) is 0 Å². The Hall–Kier alpha value is -2.08. The van der Waals surface area contributed by atoms with Gasteiger partial charge in [0.25, 0.3) is 0 Å². The molecular weight excluding hydrogens is 342 g/mol. The number of hydrogen-bond acceptors (Lipinski definition) is 3. The van der Waals surface area contributed by atoms with Crippen molar-refractivity contribution < 1.29 is 14.7 Å². The van der Waals surface area contributed by atoms with Crippen molar-refractivity contribution in [2.45, 2.75) is 38.5 Å². The predicted molar refractivity (Wildman–Crippen MR) is 100 cm³/mol. The molecule has 1 atom stereocenters. The zero-order valence-corrected chi connectivity index (χ0v) is 15.2. The van der Waals surface area contributed by atoms with Gasteiger partial charge in [0.05, 0.1) is 5.92 Å². The minimum Gasteiger partial charge on any atom is -0.481 e. The lowest BCUT2D eigenvalue weighted by molar-refractivity contribution is -0.138. The van der Waals surface area contributed by atoms with Crippen LogP contribution in [-0.4, -0.2) is 29.4 Å². The van der Waals surface area contributed by atoms with Crippen LogP contribution in [0.2, 0.25) is 0 Å². The summed E-state index contributed by atoms with van der Waals surface area (Å²) in [5.41, 5.74) is 12.1. The highest BCUT2D eigenvalue weighted by atomic mass is 35.5. The molecule has 0 amide bonds. The van der Waals surface area contributed by atoms with E-state index in [0.717, 1.165) is 25.7 Å². The number of nitrogens with zero attached hydrogens (tertiary/aromatic N) is 1. The summed E-state index contributed by atoms with van der Waals surface area (Å²) in [6, 6.07) is 6.94. The van der Waals surface area contributed by atoms with E-state index in [1.807, 2.05) is 0 Å². The quantitative estimate of drug-likeness (QED) is 0.405. The van der Waals surface area contributed by atoms with E-state index in [1.54, 1.807) is 31.2 Å². The average molecular weight is 368 g/mol. The number of carboxylic acids is 1. The van der Waals surface area contributed by atoms with Crippen LogP contribution < -0.4 is 11.5 Å². The Balaban J connectivity index is 0.00000312. The number of ketones is 1. The van der Waals surface area contributed by atoms with Crippen LogP contribution in [-0.2, 0) is 4.79 Å². The van der Waals surface area contributed by atoms with E-state index in [9.17, 15) is 9.59 Å². The highest BCUT2D eigenvalue weighted by Gasteiger charge is 2.27. The second-order valence-corrected chi connectivity index (χ2v) is 6.53. The minimum atomic E-state index is -0.867. The highest BCUT2D eigenvalue weighted by Crippen LogP contribution is 2.31. The maximum Gasteiger partial charge on any atom is 0.310 e. The summed E-state index contributed by atoms with van der Waals surface area (Å²) in [4.78, 5) is 27.7. The fourth-order valence-electron chi connectivity index (χ4n) is 3.16. The van der Waals surface area contributed by atoms with Gasteiger partial charge in [0.2, 0.25) is 0 Å². The largest absolute Gasteiger partial charge is 0.481 e. The van der Waals surface area contributed by atoms with Gasteiger partial charge in [-0.15, -0.1) is 12.4 Å². The number of aliphatic imine (C=N–C) groups is 1. The molecule has 1 aromatic rings. The van der Waals surface area contributed by atoms with Crippen LogP contribution in [0, 0.1) is 11.8 Å². The van der Waals surface area contributed by atoms with Gasteiger partial charge in [-0.25, -0.2) is 0 Å². The van der Waals surface area contributed by atoms with Crippen molar-refractivity contribution in [1.82, 2.24) is 0 Å². The first-order valence-electron chi connectivity index (χ1n) is 8.31. The minimum absolute atomic E-state index is 0. The lowest BCUT2D eigenvalue weighted by Crippen LogP contribution is -2.26. The summed E-state index contributed by atoms with van der Waals surface area (Å²) in [5.74, 6) is -0.708. The van der Waals surface area contributed by atoms with Crippen molar-refractivity contribution in [3.8, 4) is 0 Å². The molecule has 2 rings (SSSR count). The molecule has 0 saturated heterocycles. The first kappa shape index (κ1) is 21.0. The summed E-state index contributed by atoms with van der Waals surface area (Å²) in [6.45, 7) is 2.27. The van der Waals surface area contributed by atoms with E-state index in [-0.39, 0.29) is 30.1 Å². The zero-order chi connectivity index (χ0) is 17.7. The van der Waals surface area contributed by atoms with Crippen molar-refractivity contribution in [1.29, 1.82) is 0 Å². The molecular formula is C18H26ClN3O3. The maximum absolute atomic E-state index is 12.6. The average Bonchev–Trinajstić information content (AvgIpc) is 2.59. The number of rotatable bonds is 6. The third kappa shape index (κ3) is 5.74. The molecule has 0 aromatic heterocycles. The smallest absolute Gasteiger partial charge is 0.310 e. The van der Waals surface area contributed by atoms with E-state index in [4.69, 9.17) is 16.6 Å². The van der Waals surface area contributed by atoms with Gasteiger partial charge in [0.1, 0.15) is 0 Å². The van der Waals surface area contributed by atoms with Crippen LogP contribution in [0.4, 0.5) is 0 Å². The van der Waals surface area contributed by atoms with Gasteiger partial charge in [-0.1, -0.05) is 24.3 Å². The van der Waals surface area contributed by atoms with Gasteiger partial charge < -0.3 is 16.6 Å². The molecule has 7 heteroatoms. The number of carbonyl (C=O) groups is 2. The molecule has 0 bridgehead atoms. The van der Waals surface area contributed by atoms with Gasteiger partial charge >= 0.3 is 5.97 Å². The lowest BCUT2D eigenvalue weighted by Gasteiger charge is -2.26. The summed E-state index contributed by atoms with van der Waals surface area (Å²) in [5, 5.41) is 9.03. The normalized spacial score (nSPS) is 20.8. The Kier molecular flexibility index (Phi) is 7.90. The number of nitrogens with two attached hydrogens (primary N) is 2. The number of Topliss-reactive ketones (excluding diaryl/α,β-unsaturated/α-hetero) is 1. The van der Waals surface area contributed by atoms with E-state index >= 15 is 0 Å². The number of hydrogen-bond donors (Lipinski definition) is 3. The van der Waals surface area contributed by atoms with Gasteiger partial charge in [-0.05, 0) is 44.1 Å². The number of guanidine groups is 1. The molecule has 5 N–H and O–H groups in total. The maximum atomic E-state index is 12.6. The van der Waals surface area contributed by atoms with Crippen LogP contribution in [0.15, 0.2) is 29.3 Å². The molecule has 1 fully saturated rings. The van der Waals surface area contributed by atoms with E-state index in [1.165, 1.54) is 0 Å². The molecule has 0 spiro atoms. The molecule has 0 radical (unpaired) electrons. The summed E-state index contributed by atoms with van der Waals surface area (Å²) in [6.07, 6.45) is 3.58. The topological polar surface area (TPSA) is 119 Å². The SMILES string of the molecule is CC(C(=O)O)c1ccc(C(=O)C2CCC(CN=C(N)N)CC2)cc1.Cl. The molecule has 6 nitrogen and oxygen atoms in total. The van der Waals surface area contributed by atoms with E-state index < -0.39 is 11.9 Å². The fraction of sp³-hybridized carbons (Fsp3) is 0.500. The van der Waals surface area contributed by atoms with Gasteiger partial charge in [0, 0.05) is 18.0 Å². The van der Waals surface area contributed by atoms with Gasteiger partial charge in [-0.3, -0.25) is 14.6 Å². The zero-order valence-electron chi connectivity index (χ0n) is 14.4. The Morgan fingerprint density at radius 2 is 1.72 bits per heavy atom. The van der Waals surface area contributed by atoms with Crippen LogP contribution in [0.5, 0.6) is 0 Å².